The first-order valence-corrected chi connectivity index (χ1v) is 6.16. The maximum absolute atomic E-state index is 11.8. The van der Waals surface area contributed by atoms with Crippen LogP contribution in [0.1, 0.15) is 6.42 Å². The molecule has 2 fully saturated rings. The molecule has 2 atom stereocenters. The van der Waals surface area contributed by atoms with Gasteiger partial charge >= 0.3 is 0 Å². The summed E-state index contributed by atoms with van der Waals surface area (Å²) in [6.45, 7) is 5.67. The van der Waals surface area contributed by atoms with Crippen LogP contribution < -0.4 is 16.0 Å². The molecule has 0 radical (unpaired) electrons. The van der Waals surface area contributed by atoms with Crippen molar-refractivity contribution in [3.63, 3.8) is 0 Å². The van der Waals surface area contributed by atoms with Crippen LogP contribution in [0.25, 0.3) is 0 Å². The van der Waals surface area contributed by atoms with E-state index in [1.165, 1.54) is 6.42 Å². The second-order valence-corrected chi connectivity index (χ2v) is 4.87. The Labute approximate surface area is 96.9 Å². The number of hydrogen-bond acceptors (Lipinski definition) is 4. The zero-order chi connectivity index (χ0) is 11.4. The van der Waals surface area contributed by atoms with E-state index in [-0.39, 0.29) is 11.9 Å². The Kier molecular flexibility index (Phi) is 4.15. The molecule has 0 bridgehead atoms. The number of likely N-dealkylation sites (tertiary alicyclic amines) is 1. The van der Waals surface area contributed by atoms with E-state index in [0.29, 0.717) is 5.92 Å². The average Bonchev–Trinajstić information content (AvgIpc) is 2.73. The van der Waals surface area contributed by atoms with Gasteiger partial charge in [-0.05, 0) is 25.9 Å². The highest BCUT2D eigenvalue weighted by molar-refractivity contribution is 5.82. The Balaban J connectivity index is 1.66. The predicted octanol–water partition coefficient (Wildman–Crippen LogP) is -1.38. The minimum absolute atomic E-state index is 0.0483. The molecule has 0 aromatic heterocycles. The standard InChI is InChI=1S/C11H22N4O/c1-15-5-2-9(8-15)6-14-11(16)10-7-12-3-4-13-10/h9-10,12-13H,2-8H2,1H3,(H,14,16). The Morgan fingerprint density at radius 1 is 1.50 bits per heavy atom. The summed E-state index contributed by atoms with van der Waals surface area (Å²) in [5.41, 5.74) is 0. The number of nitrogens with one attached hydrogen (secondary N) is 3. The number of hydrogen-bond donors (Lipinski definition) is 3. The molecule has 16 heavy (non-hydrogen) atoms. The van der Waals surface area contributed by atoms with Crippen molar-refractivity contribution in [3.8, 4) is 0 Å². The summed E-state index contributed by atoms with van der Waals surface area (Å²) in [4.78, 5) is 14.1. The van der Waals surface area contributed by atoms with Gasteiger partial charge in [0, 0.05) is 32.7 Å². The maximum Gasteiger partial charge on any atom is 0.238 e. The molecule has 0 saturated carbocycles. The van der Waals surface area contributed by atoms with Crippen molar-refractivity contribution in [2.75, 3.05) is 46.3 Å². The molecule has 0 aliphatic carbocycles. The van der Waals surface area contributed by atoms with Crippen molar-refractivity contribution < 1.29 is 4.79 Å². The summed E-state index contributed by atoms with van der Waals surface area (Å²) in [5, 5.41) is 9.48. The molecule has 2 rings (SSSR count). The van der Waals surface area contributed by atoms with E-state index in [9.17, 15) is 4.79 Å². The van der Waals surface area contributed by atoms with Crippen molar-refractivity contribution >= 4 is 5.91 Å². The minimum atomic E-state index is -0.0483. The van der Waals surface area contributed by atoms with E-state index in [1.807, 2.05) is 0 Å². The quantitative estimate of drug-likeness (QED) is 0.555. The molecule has 2 unspecified atom stereocenters. The zero-order valence-corrected chi connectivity index (χ0v) is 9.96. The molecule has 0 aromatic rings. The molecular weight excluding hydrogens is 204 g/mol. The van der Waals surface area contributed by atoms with Crippen LogP contribution in [0, 0.1) is 5.92 Å². The second-order valence-electron chi connectivity index (χ2n) is 4.87. The first-order valence-electron chi connectivity index (χ1n) is 6.16. The molecule has 2 aliphatic rings. The molecule has 2 saturated heterocycles. The van der Waals surface area contributed by atoms with Crippen LogP contribution in [-0.2, 0) is 4.79 Å². The van der Waals surface area contributed by atoms with Crippen molar-refractivity contribution in [2.45, 2.75) is 12.5 Å². The Bertz CT molecular complexity index is 240. The van der Waals surface area contributed by atoms with Gasteiger partial charge in [0.1, 0.15) is 0 Å². The summed E-state index contributed by atoms with van der Waals surface area (Å²) in [5.74, 6) is 0.771. The molecule has 3 N–H and O–H groups in total. The zero-order valence-electron chi connectivity index (χ0n) is 9.96. The highest BCUT2D eigenvalue weighted by Gasteiger charge is 2.23. The normalized spacial score (nSPS) is 31.6. The van der Waals surface area contributed by atoms with Crippen LogP contribution in [-0.4, -0.2) is 63.2 Å². The first kappa shape index (κ1) is 11.8. The van der Waals surface area contributed by atoms with Crippen LogP contribution in [0.4, 0.5) is 0 Å². The number of piperazine rings is 1. The summed E-state index contributed by atoms with van der Waals surface area (Å²) in [6, 6.07) is -0.0483. The van der Waals surface area contributed by atoms with E-state index in [2.05, 4.69) is 27.9 Å². The smallest absolute Gasteiger partial charge is 0.238 e. The topological polar surface area (TPSA) is 56.4 Å². The summed E-state index contributed by atoms with van der Waals surface area (Å²) < 4.78 is 0. The monoisotopic (exact) mass is 226 g/mol. The third kappa shape index (κ3) is 3.17. The highest BCUT2D eigenvalue weighted by atomic mass is 16.2. The van der Waals surface area contributed by atoms with Gasteiger partial charge in [0.15, 0.2) is 0 Å². The molecule has 1 amide bonds. The lowest BCUT2D eigenvalue weighted by atomic mass is 10.1. The third-order valence-electron chi connectivity index (χ3n) is 3.41. The number of rotatable bonds is 3. The lowest BCUT2D eigenvalue weighted by Crippen LogP contribution is -2.56. The van der Waals surface area contributed by atoms with E-state index in [0.717, 1.165) is 39.3 Å². The number of amides is 1. The van der Waals surface area contributed by atoms with Crippen molar-refractivity contribution in [1.29, 1.82) is 0 Å². The van der Waals surface area contributed by atoms with Crippen LogP contribution in [0.3, 0.4) is 0 Å². The van der Waals surface area contributed by atoms with Gasteiger partial charge in [0.05, 0.1) is 6.04 Å². The van der Waals surface area contributed by atoms with Gasteiger partial charge < -0.3 is 20.9 Å². The minimum Gasteiger partial charge on any atom is -0.354 e. The average molecular weight is 226 g/mol. The molecule has 92 valence electrons. The van der Waals surface area contributed by atoms with Crippen LogP contribution in [0.5, 0.6) is 0 Å². The van der Waals surface area contributed by atoms with Gasteiger partial charge in [-0.15, -0.1) is 0 Å². The largest absolute Gasteiger partial charge is 0.354 e. The number of nitrogens with zero attached hydrogens (tertiary/aromatic N) is 1. The lowest BCUT2D eigenvalue weighted by Gasteiger charge is -2.24. The van der Waals surface area contributed by atoms with Crippen LogP contribution in [0.15, 0.2) is 0 Å². The molecular formula is C11H22N4O. The molecule has 5 nitrogen and oxygen atoms in total. The predicted molar refractivity (Wildman–Crippen MR) is 63.3 cm³/mol. The van der Waals surface area contributed by atoms with Gasteiger partial charge in [0.2, 0.25) is 5.91 Å². The van der Waals surface area contributed by atoms with E-state index >= 15 is 0 Å². The third-order valence-corrected chi connectivity index (χ3v) is 3.41. The van der Waals surface area contributed by atoms with Gasteiger partial charge in [-0.3, -0.25) is 4.79 Å². The maximum atomic E-state index is 11.8. The van der Waals surface area contributed by atoms with Crippen molar-refractivity contribution in [3.05, 3.63) is 0 Å². The second kappa shape index (κ2) is 5.61. The molecule has 0 spiro atoms. The van der Waals surface area contributed by atoms with Crippen molar-refractivity contribution in [1.82, 2.24) is 20.9 Å². The Hall–Kier alpha value is -0.650. The fraction of sp³-hybridized carbons (Fsp3) is 0.909. The van der Waals surface area contributed by atoms with Crippen LogP contribution >= 0.6 is 0 Å². The molecule has 0 aromatic carbocycles. The van der Waals surface area contributed by atoms with Crippen LogP contribution in [0.2, 0.25) is 0 Å². The number of carbonyl (C=O) groups excluding carboxylic acids is 1. The summed E-state index contributed by atoms with van der Waals surface area (Å²) >= 11 is 0. The van der Waals surface area contributed by atoms with E-state index < -0.39 is 0 Å². The summed E-state index contributed by atoms with van der Waals surface area (Å²) in [6.07, 6.45) is 1.20. The van der Waals surface area contributed by atoms with E-state index in [4.69, 9.17) is 0 Å². The van der Waals surface area contributed by atoms with E-state index in [1.54, 1.807) is 0 Å². The first-order chi connectivity index (χ1) is 7.75. The van der Waals surface area contributed by atoms with Gasteiger partial charge in [-0.25, -0.2) is 0 Å². The summed E-state index contributed by atoms with van der Waals surface area (Å²) in [7, 11) is 2.13. The highest BCUT2D eigenvalue weighted by Crippen LogP contribution is 2.12. The fourth-order valence-corrected chi connectivity index (χ4v) is 2.40. The molecule has 2 heterocycles. The Morgan fingerprint density at radius 3 is 3.00 bits per heavy atom. The van der Waals surface area contributed by atoms with Gasteiger partial charge in [-0.2, -0.15) is 0 Å². The van der Waals surface area contributed by atoms with Crippen molar-refractivity contribution in [2.24, 2.45) is 5.92 Å². The Morgan fingerprint density at radius 2 is 2.38 bits per heavy atom. The SMILES string of the molecule is CN1CCC(CNC(=O)C2CNCCN2)C1. The fourth-order valence-electron chi connectivity index (χ4n) is 2.40. The molecule has 2 aliphatic heterocycles. The lowest BCUT2D eigenvalue weighted by molar-refractivity contribution is -0.123. The molecule has 5 heteroatoms. The van der Waals surface area contributed by atoms with Gasteiger partial charge in [0.25, 0.3) is 0 Å². The van der Waals surface area contributed by atoms with Gasteiger partial charge in [-0.1, -0.05) is 0 Å². The number of carbonyl (C=O) groups is 1.